The van der Waals surface area contributed by atoms with E-state index in [1.165, 1.54) is 19.2 Å². The summed E-state index contributed by atoms with van der Waals surface area (Å²) >= 11 is 5.80. The van der Waals surface area contributed by atoms with Gasteiger partial charge in [-0.1, -0.05) is 23.7 Å². The van der Waals surface area contributed by atoms with Crippen LogP contribution in [0.1, 0.15) is 16.8 Å². The Kier molecular flexibility index (Phi) is 4.88. The van der Waals surface area contributed by atoms with Gasteiger partial charge in [-0.05, 0) is 18.6 Å². The fraction of sp³-hybridized carbons (Fsp3) is 0.118. The number of H-pyrrole nitrogens is 1. The normalized spacial score (nSPS) is 12.1. The number of rotatable bonds is 3. The number of nitrogens with one attached hydrogen (secondary N) is 2. The van der Waals surface area contributed by atoms with Crippen LogP contribution in [0.5, 0.6) is 0 Å². The maximum absolute atomic E-state index is 14.3. The van der Waals surface area contributed by atoms with Crippen molar-refractivity contribution in [2.75, 3.05) is 5.32 Å². The Morgan fingerprint density at radius 3 is 2.74 bits per heavy atom. The van der Waals surface area contributed by atoms with Gasteiger partial charge in [0.2, 0.25) is 5.91 Å². The predicted molar refractivity (Wildman–Crippen MR) is 92.7 cm³/mol. The third kappa shape index (κ3) is 3.77. The van der Waals surface area contributed by atoms with Crippen LogP contribution in [0.15, 0.2) is 30.6 Å². The van der Waals surface area contributed by atoms with Crippen LogP contribution in [0.2, 0.25) is 5.02 Å². The molecule has 0 radical (unpaired) electrons. The van der Waals surface area contributed by atoms with Gasteiger partial charge < -0.3 is 5.32 Å². The molecule has 0 unspecified atom stereocenters. The highest BCUT2D eigenvalue weighted by Gasteiger charge is 2.37. The van der Waals surface area contributed by atoms with Gasteiger partial charge in [0.25, 0.3) is 0 Å². The monoisotopic (exact) mass is 398 g/mol. The summed E-state index contributed by atoms with van der Waals surface area (Å²) in [4.78, 5) is 15.3. The number of aromatic amines is 1. The van der Waals surface area contributed by atoms with Gasteiger partial charge in [0, 0.05) is 23.2 Å². The van der Waals surface area contributed by atoms with Crippen molar-refractivity contribution in [3.05, 3.63) is 58.3 Å². The highest BCUT2D eigenvalue weighted by atomic mass is 35.5. The average Bonchev–Trinajstić information content (AvgIpc) is 3.07. The molecule has 3 rings (SSSR count). The van der Waals surface area contributed by atoms with E-state index in [9.17, 15) is 22.4 Å². The highest BCUT2D eigenvalue weighted by molar-refractivity contribution is 6.31. The molecule has 0 spiro atoms. The summed E-state index contributed by atoms with van der Waals surface area (Å²) in [5, 5.41) is 8.83. The van der Waals surface area contributed by atoms with Crippen LogP contribution in [0.4, 0.5) is 23.2 Å². The van der Waals surface area contributed by atoms with Gasteiger partial charge in [-0.25, -0.2) is 9.37 Å². The number of pyridine rings is 1. The second-order valence-corrected chi connectivity index (χ2v) is 5.99. The van der Waals surface area contributed by atoms with E-state index in [-0.39, 0.29) is 21.7 Å². The first-order valence-corrected chi connectivity index (χ1v) is 7.89. The summed E-state index contributed by atoms with van der Waals surface area (Å²) in [5.74, 6) is -1.53. The molecule has 3 aromatic rings. The number of fused-ring (bicyclic) bond motifs is 1. The maximum Gasteiger partial charge on any atom is 0.435 e. The standard InChI is InChI=1S/C17H11ClF4N4O/c1-8-11(18)7-23-16(17(20,21)22)14(8)25-12(27)5-4-9-2-3-10-6-24-26-15(10)13(9)19/h2-7H,1H3,(H,24,26)(H,25,27)/b5-4+. The van der Waals surface area contributed by atoms with Gasteiger partial charge in [0.05, 0.1) is 16.9 Å². The SMILES string of the molecule is Cc1c(Cl)cnc(C(F)(F)F)c1NC(=O)/C=C/c1ccc2cn[nH]c2c1F. The quantitative estimate of drug-likeness (QED) is 0.495. The molecule has 2 N–H and O–H groups in total. The smallest absolute Gasteiger partial charge is 0.320 e. The fourth-order valence-corrected chi connectivity index (χ4v) is 2.54. The summed E-state index contributed by atoms with van der Waals surface area (Å²) in [7, 11) is 0. The highest BCUT2D eigenvalue weighted by Crippen LogP contribution is 2.37. The van der Waals surface area contributed by atoms with E-state index in [1.807, 2.05) is 0 Å². The van der Waals surface area contributed by atoms with Crippen LogP contribution in [-0.2, 0) is 11.0 Å². The molecule has 5 nitrogen and oxygen atoms in total. The summed E-state index contributed by atoms with van der Waals surface area (Å²) in [5.41, 5.74) is -1.57. The van der Waals surface area contributed by atoms with E-state index in [0.29, 0.717) is 5.39 Å². The van der Waals surface area contributed by atoms with Gasteiger partial charge in [-0.15, -0.1) is 0 Å². The molecule has 2 aromatic heterocycles. The molecule has 1 aromatic carbocycles. The van der Waals surface area contributed by atoms with Gasteiger partial charge in [0.1, 0.15) is 5.52 Å². The molecule has 0 saturated heterocycles. The lowest BCUT2D eigenvalue weighted by Gasteiger charge is -2.15. The number of carbonyl (C=O) groups excluding carboxylic acids is 1. The number of alkyl halides is 3. The molecule has 27 heavy (non-hydrogen) atoms. The van der Waals surface area contributed by atoms with Crippen LogP contribution in [-0.4, -0.2) is 21.1 Å². The minimum Gasteiger partial charge on any atom is -0.320 e. The Balaban J connectivity index is 1.88. The van der Waals surface area contributed by atoms with Crippen LogP contribution in [0.25, 0.3) is 17.0 Å². The Morgan fingerprint density at radius 2 is 2.04 bits per heavy atom. The second-order valence-electron chi connectivity index (χ2n) is 5.58. The van der Waals surface area contributed by atoms with Crippen molar-refractivity contribution < 1.29 is 22.4 Å². The number of benzene rings is 1. The number of halogens is 5. The van der Waals surface area contributed by atoms with Crippen LogP contribution in [0, 0.1) is 12.7 Å². The fourth-order valence-electron chi connectivity index (χ4n) is 2.40. The first kappa shape index (κ1) is 18.8. The van der Waals surface area contributed by atoms with Crippen LogP contribution >= 0.6 is 11.6 Å². The molecule has 0 aliphatic rings. The van der Waals surface area contributed by atoms with Crippen molar-refractivity contribution in [3.8, 4) is 0 Å². The first-order chi connectivity index (χ1) is 12.7. The molecule has 2 heterocycles. The van der Waals surface area contributed by atoms with Crippen LogP contribution in [0.3, 0.4) is 0 Å². The topological polar surface area (TPSA) is 70.7 Å². The first-order valence-electron chi connectivity index (χ1n) is 7.51. The molecule has 0 aliphatic heterocycles. The van der Waals surface area contributed by atoms with Gasteiger partial charge >= 0.3 is 6.18 Å². The number of amides is 1. The van der Waals surface area contributed by atoms with Crippen LogP contribution < -0.4 is 5.32 Å². The Bertz CT molecular complexity index is 1060. The number of anilines is 1. The third-order valence-corrected chi connectivity index (χ3v) is 4.17. The zero-order valence-corrected chi connectivity index (χ0v) is 14.4. The van der Waals surface area contributed by atoms with Crippen molar-refractivity contribution >= 4 is 40.2 Å². The van der Waals surface area contributed by atoms with Gasteiger partial charge in [0.15, 0.2) is 11.5 Å². The molecule has 1 amide bonds. The van der Waals surface area contributed by atoms with E-state index < -0.39 is 29.3 Å². The van der Waals surface area contributed by atoms with E-state index in [2.05, 4.69) is 20.5 Å². The summed E-state index contributed by atoms with van der Waals surface area (Å²) in [6.45, 7) is 1.32. The summed E-state index contributed by atoms with van der Waals surface area (Å²) in [6, 6.07) is 3.01. The van der Waals surface area contributed by atoms with Crippen molar-refractivity contribution in [2.45, 2.75) is 13.1 Å². The predicted octanol–water partition coefficient (Wildman–Crippen LogP) is 4.73. The molecule has 0 bridgehead atoms. The van der Waals surface area contributed by atoms with Crippen molar-refractivity contribution in [3.63, 3.8) is 0 Å². The molecular formula is C17H11ClF4N4O. The number of nitrogens with zero attached hydrogens (tertiary/aromatic N) is 2. The lowest BCUT2D eigenvalue weighted by molar-refractivity contribution is -0.140. The lowest BCUT2D eigenvalue weighted by atomic mass is 10.1. The molecule has 0 aliphatic carbocycles. The Hall–Kier alpha value is -2.94. The minimum absolute atomic E-state index is 0.0193. The molecule has 10 heteroatoms. The van der Waals surface area contributed by atoms with Crippen molar-refractivity contribution in [1.82, 2.24) is 15.2 Å². The third-order valence-electron chi connectivity index (χ3n) is 3.79. The van der Waals surface area contributed by atoms with Crippen molar-refractivity contribution in [1.29, 1.82) is 0 Å². The van der Waals surface area contributed by atoms with E-state index in [1.54, 1.807) is 6.07 Å². The molecule has 0 atom stereocenters. The Morgan fingerprint density at radius 1 is 1.30 bits per heavy atom. The zero-order valence-electron chi connectivity index (χ0n) is 13.7. The summed E-state index contributed by atoms with van der Waals surface area (Å²) < 4.78 is 53.6. The number of carbonyl (C=O) groups is 1. The van der Waals surface area contributed by atoms with Gasteiger partial charge in [-0.3, -0.25) is 9.89 Å². The molecule has 140 valence electrons. The number of hydrogen-bond donors (Lipinski definition) is 2. The van der Waals surface area contributed by atoms with Crippen molar-refractivity contribution in [2.24, 2.45) is 0 Å². The minimum atomic E-state index is -4.78. The maximum atomic E-state index is 14.3. The lowest BCUT2D eigenvalue weighted by Crippen LogP contribution is -2.17. The molecule has 0 fully saturated rings. The average molecular weight is 399 g/mol. The largest absolute Gasteiger partial charge is 0.435 e. The van der Waals surface area contributed by atoms with E-state index >= 15 is 0 Å². The van der Waals surface area contributed by atoms with Gasteiger partial charge in [-0.2, -0.15) is 18.3 Å². The van der Waals surface area contributed by atoms with E-state index in [0.717, 1.165) is 18.3 Å². The number of hydrogen-bond acceptors (Lipinski definition) is 3. The molecule has 0 saturated carbocycles. The number of aromatic nitrogens is 3. The Labute approximate surface area is 155 Å². The molecular weight excluding hydrogens is 388 g/mol. The summed E-state index contributed by atoms with van der Waals surface area (Å²) in [6.07, 6.45) is -0.418. The van der Waals surface area contributed by atoms with E-state index in [4.69, 9.17) is 11.6 Å². The zero-order chi connectivity index (χ0) is 19.8. The second kappa shape index (κ2) is 6.99.